The van der Waals surface area contributed by atoms with E-state index in [0.29, 0.717) is 18.1 Å². The number of hydrogen-bond donors (Lipinski definition) is 1. The van der Waals surface area contributed by atoms with Crippen molar-refractivity contribution in [3.63, 3.8) is 0 Å². The summed E-state index contributed by atoms with van der Waals surface area (Å²) in [5.41, 5.74) is 2.61. The summed E-state index contributed by atoms with van der Waals surface area (Å²) in [5.74, 6) is 1.11. The van der Waals surface area contributed by atoms with Crippen LogP contribution in [0.2, 0.25) is 0 Å². The van der Waals surface area contributed by atoms with Crippen LogP contribution in [0.1, 0.15) is 24.5 Å². The van der Waals surface area contributed by atoms with E-state index in [-0.39, 0.29) is 0 Å². The van der Waals surface area contributed by atoms with Crippen molar-refractivity contribution in [2.75, 3.05) is 0 Å². The van der Waals surface area contributed by atoms with E-state index in [2.05, 4.69) is 19.7 Å². The van der Waals surface area contributed by atoms with Gasteiger partial charge in [-0.15, -0.1) is 0 Å². The molecule has 25 heavy (non-hydrogen) atoms. The zero-order valence-corrected chi connectivity index (χ0v) is 13.8. The Balaban J connectivity index is 1.51. The van der Waals surface area contributed by atoms with E-state index in [1.54, 1.807) is 13.1 Å². The number of aromatic nitrogens is 4. The van der Waals surface area contributed by atoms with Crippen molar-refractivity contribution in [2.24, 2.45) is 0 Å². The molecular formula is C19H18N4O2. The highest BCUT2D eigenvalue weighted by atomic mass is 16.5. The second-order valence-corrected chi connectivity index (χ2v) is 5.99. The fraction of sp³-hybridized carbons (Fsp3) is 0.211. The number of aliphatic hydroxyl groups is 1. The number of pyridine rings is 1. The molecule has 0 radical (unpaired) electrons. The highest BCUT2D eigenvalue weighted by Crippen LogP contribution is 2.21. The third-order valence-electron chi connectivity index (χ3n) is 4.18. The number of hydrogen-bond acceptors (Lipinski definition) is 5. The molecular weight excluding hydrogens is 316 g/mol. The van der Waals surface area contributed by atoms with E-state index in [4.69, 9.17) is 4.52 Å². The first-order valence-electron chi connectivity index (χ1n) is 8.21. The van der Waals surface area contributed by atoms with Crippen LogP contribution < -0.4 is 0 Å². The molecule has 6 heteroatoms. The number of nitrogens with zero attached hydrogens (tertiary/aromatic N) is 4. The molecule has 0 spiro atoms. The molecule has 4 rings (SSSR count). The first-order chi connectivity index (χ1) is 12.2. The minimum absolute atomic E-state index is 0.527. The van der Waals surface area contributed by atoms with Crippen LogP contribution in [0.25, 0.3) is 22.4 Å². The van der Waals surface area contributed by atoms with E-state index in [9.17, 15) is 5.11 Å². The van der Waals surface area contributed by atoms with E-state index in [0.717, 1.165) is 28.7 Å². The summed E-state index contributed by atoms with van der Waals surface area (Å²) >= 11 is 0. The third kappa shape index (κ3) is 3.16. The van der Waals surface area contributed by atoms with Gasteiger partial charge in [0.25, 0.3) is 0 Å². The molecule has 1 aromatic carbocycles. The highest BCUT2D eigenvalue weighted by Gasteiger charge is 2.11. The van der Waals surface area contributed by atoms with E-state index in [1.165, 1.54) is 0 Å². The molecule has 4 aromatic rings. The van der Waals surface area contributed by atoms with Gasteiger partial charge in [0.1, 0.15) is 5.65 Å². The summed E-state index contributed by atoms with van der Waals surface area (Å²) < 4.78 is 7.45. The third-order valence-corrected chi connectivity index (χ3v) is 4.18. The lowest BCUT2D eigenvalue weighted by molar-refractivity contribution is 0.199. The van der Waals surface area contributed by atoms with Crippen molar-refractivity contribution in [3.05, 3.63) is 66.3 Å². The molecule has 0 fully saturated rings. The normalized spacial score (nSPS) is 12.6. The SMILES string of the molecule is C[C@@H](O)c1cccc(-c2noc(CCn3ccc4cccnc43)n2)c1. The van der Waals surface area contributed by atoms with E-state index in [1.807, 2.05) is 48.7 Å². The first-order valence-corrected chi connectivity index (χ1v) is 8.21. The maximum absolute atomic E-state index is 9.70. The largest absolute Gasteiger partial charge is 0.389 e. The zero-order valence-electron chi connectivity index (χ0n) is 13.8. The molecule has 1 atom stereocenters. The van der Waals surface area contributed by atoms with Crippen LogP contribution >= 0.6 is 0 Å². The van der Waals surface area contributed by atoms with Crippen molar-refractivity contribution in [2.45, 2.75) is 26.0 Å². The monoisotopic (exact) mass is 334 g/mol. The lowest BCUT2D eigenvalue weighted by Crippen LogP contribution is -2.01. The predicted molar refractivity (Wildman–Crippen MR) is 93.8 cm³/mol. The van der Waals surface area contributed by atoms with Gasteiger partial charge in [-0.3, -0.25) is 0 Å². The van der Waals surface area contributed by atoms with Gasteiger partial charge in [-0.25, -0.2) is 4.98 Å². The van der Waals surface area contributed by atoms with Gasteiger partial charge in [0, 0.05) is 36.3 Å². The number of fused-ring (bicyclic) bond motifs is 1. The topological polar surface area (TPSA) is 77.0 Å². The summed E-state index contributed by atoms with van der Waals surface area (Å²) in [7, 11) is 0. The minimum atomic E-state index is -0.527. The first kappa shape index (κ1) is 15.5. The fourth-order valence-electron chi connectivity index (χ4n) is 2.83. The molecule has 3 heterocycles. The summed E-state index contributed by atoms with van der Waals surface area (Å²) in [4.78, 5) is 8.87. The molecule has 0 bridgehead atoms. The van der Waals surface area contributed by atoms with Crippen LogP contribution in [0, 0.1) is 0 Å². The standard InChI is InChI=1S/C19H18N4O2/c1-13(24)15-4-2-5-16(12-15)18-21-17(25-22-18)8-11-23-10-7-14-6-3-9-20-19(14)23/h2-7,9-10,12-13,24H,8,11H2,1H3/t13-/m1/s1. The number of aliphatic hydroxyl groups excluding tert-OH is 1. The average molecular weight is 334 g/mol. The van der Waals surface area contributed by atoms with Gasteiger partial charge in [-0.05, 0) is 36.8 Å². The van der Waals surface area contributed by atoms with Gasteiger partial charge in [0.15, 0.2) is 0 Å². The second kappa shape index (κ2) is 6.49. The van der Waals surface area contributed by atoms with Gasteiger partial charge in [-0.1, -0.05) is 23.4 Å². The van der Waals surface area contributed by atoms with Crippen LogP contribution in [-0.2, 0) is 13.0 Å². The van der Waals surface area contributed by atoms with Gasteiger partial charge in [-0.2, -0.15) is 4.98 Å². The van der Waals surface area contributed by atoms with Crippen molar-refractivity contribution < 1.29 is 9.63 Å². The molecule has 3 aromatic heterocycles. The average Bonchev–Trinajstić information content (AvgIpc) is 3.27. The van der Waals surface area contributed by atoms with Crippen molar-refractivity contribution in [1.82, 2.24) is 19.7 Å². The van der Waals surface area contributed by atoms with Crippen LogP contribution in [0.4, 0.5) is 0 Å². The Labute approximate surface area is 144 Å². The van der Waals surface area contributed by atoms with Crippen LogP contribution in [-0.4, -0.2) is 24.8 Å². The Hall–Kier alpha value is -2.99. The molecule has 126 valence electrons. The highest BCUT2D eigenvalue weighted by molar-refractivity contribution is 5.75. The van der Waals surface area contributed by atoms with Gasteiger partial charge in [0.2, 0.25) is 11.7 Å². The zero-order chi connectivity index (χ0) is 17.2. The quantitative estimate of drug-likeness (QED) is 0.605. The number of aryl methyl sites for hydroxylation is 2. The van der Waals surface area contributed by atoms with Crippen molar-refractivity contribution >= 4 is 11.0 Å². The van der Waals surface area contributed by atoms with Crippen molar-refractivity contribution in [1.29, 1.82) is 0 Å². The van der Waals surface area contributed by atoms with Crippen molar-refractivity contribution in [3.8, 4) is 11.4 Å². The Kier molecular flexibility index (Phi) is 4.03. The molecule has 0 unspecified atom stereocenters. The lowest BCUT2D eigenvalue weighted by Gasteiger charge is -2.04. The van der Waals surface area contributed by atoms with Gasteiger partial charge >= 0.3 is 0 Å². The number of rotatable bonds is 5. The molecule has 1 N–H and O–H groups in total. The van der Waals surface area contributed by atoms with E-state index < -0.39 is 6.10 Å². The van der Waals surface area contributed by atoms with E-state index >= 15 is 0 Å². The number of benzene rings is 1. The molecule has 0 aliphatic rings. The Bertz CT molecular complexity index is 1000. The maximum atomic E-state index is 9.70. The molecule has 0 saturated heterocycles. The van der Waals surface area contributed by atoms with Gasteiger partial charge in [0.05, 0.1) is 6.10 Å². The summed E-state index contributed by atoms with van der Waals surface area (Å²) in [6, 6.07) is 13.6. The smallest absolute Gasteiger partial charge is 0.228 e. The van der Waals surface area contributed by atoms with Crippen LogP contribution in [0.15, 0.2) is 59.4 Å². The minimum Gasteiger partial charge on any atom is -0.389 e. The van der Waals surface area contributed by atoms with Crippen LogP contribution in [0.5, 0.6) is 0 Å². The predicted octanol–water partition coefficient (Wildman–Crippen LogP) is 3.38. The molecule has 0 amide bonds. The maximum Gasteiger partial charge on any atom is 0.228 e. The van der Waals surface area contributed by atoms with Crippen LogP contribution in [0.3, 0.4) is 0 Å². The summed E-state index contributed by atoms with van der Waals surface area (Å²) in [6.45, 7) is 2.45. The Morgan fingerprint density at radius 3 is 3.00 bits per heavy atom. The summed E-state index contributed by atoms with van der Waals surface area (Å²) in [5, 5.41) is 14.9. The fourth-order valence-corrected chi connectivity index (χ4v) is 2.83. The molecule has 0 aliphatic carbocycles. The molecule has 6 nitrogen and oxygen atoms in total. The molecule has 0 aliphatic heterocycles. The molecule has 0 saturated carbocycles. The van der Waals surface area contributed by atoms with Gasteiger partial charge < -0.3 is 14.2 Å². The summed E-state index contributed by atoms with van der Waals surface area (Å²) in [6.07, 6.45) is 3.91. The lowest BCUT2D eigenvalue weighted by atomic mass is 10.1. The second-order valence-electron chi connectivity index (χ2n) is 5.99. The Morgan fingerprint density at radius 2 is 2.12 bits per heavy atom. The Morgan fingerprint density at radius 1 is 1.20 bits per heavy atom.